The number of aromatic nitrogens is 1. The minimum Gasteiger partial charge on any atom is -0.330 e. The van der Waals surface area contributed by atoms with E-state index >= 15 is 0 Å². The number of rotatable bonds is 7. The molecule has 0 saturated heterocycles. The molecule has 1 heterocycles. The summed E-state index contributed by atoms with van der Waals surface area (Å²) in [7, 11) is -1.93. The summed E-state index contributed by atoms with van der Waals surface area (Å²) in [5.41, 5.74) is 5.35. The van der Waals surface area contributed by atoms with Crippen LogP contribution < -0.4 is 10.5 Å². The Kier molecular flexibility index (Phi) is 5.47. The largest absolute Gasteiger partial charge is 0.330 e. The van der Waals surface area contributed by atoms with Gasteiger partial charge in [0.05, 0.1) is 6.04 Å². The Morgan fingerprint density at radius 2 is 2.35 bits per heavy atom. The van der Waals surface area contributed by atoms with E-state index in [0.29, 0.717) is 19.5 Å². The predicted octanol–water partition coefficient (Wildman–Crippen LogP) is 0.319. The van der Waals surface area contributed by atoms with Crippen LogP contribution in [0.1, 0.15) is 24.4 Å². The number of nitrogens with two attached hydrogens (primary N) is 1. The van der Waals surface area contributed by atoms with Gasteiger partial charge in [-0.15, -0.1) is 11.3 Å². The summed E-state index contributed by atoms with van der Waals surface area (Å²) >= 11 is 1.42. The summed E-state index contributed by atoms with van der Waals surface area (Å²) < 4.78 is 27.6. The van der Waals surface area contributed by atoms with Gasteiger partial charge in [0, 0.05) is 25.2 Å². The molecule has 1 unspecified atom stereocenters. The summed E-state index contributed by atoms with van der Waals surface area (Å²) in [6.45, 7) is 2.66. The molecule has 17 heavy (non-hydrogen) atoms. The molecule has 1 atom stereocenters. The van der Waals surface area contributed by atoms with E-state index in [1.165, 1.54) is 22.7 Å². The number of hydrogen-bond donors (Lipinski definition) is 2. The first kappa shape index (κ1) is 14.5. The van der Waals surface area contributed by atoms with E-state index in [1.54, 1.807) is 13.1 Å². The standard InChI is InChI=1S/C9H18N4O2S2/c1-8(9-11-5-7-16-9)12-17(14,15)13(2)6-3-4-10/h5,7-8,12H,3-4,6,10H2,1-2H3. The molecule has 8 heteroatoms. The van der Waals surface area contributed by atoms with Crippen molar-refractivity contribution >= 4 is 21.5 Å². The van der Waals surface area contributed by atoms with Gasteiger partial charge in [-0.2, -0.15) is 17.4 Å². The van der Waals surface area contributed by atoms with Gasteiger partial charge in [0.2, 0.25) is 0 Å². The van der Waals surface area contributed by atoms with Crippen molar-refractivity contribution in [1.29, 1.82) is 0 Å². The molecule has 0 aliphatic rings. The van der Waals surface area contributed by atoms with Gasteiger partial charge in [-0.25, -0.2) is 4.98 Å². The van der Waals surface area contributed by atoms with Gasteiger partial charge in [-0.05, 0) is 19.9 Å². The third-order valence-corrected chi connectivity index (χ3v) is 4.85. The fraction of sp³-hybridized carbons (Fsp3) is 0.667. The molecule has 0 spiro atoms. The Bertz CT molecular complexity index is 418. The first-order chi connectivity index (χ1) is 7.97. The van der Waals surface area contributed by atoms with Crippen LogP contribution in [0.25, 0.3) is 0 Å². The van der Waals surface area contributed by atoms with Crippen LogP contribution in [0.4, 0.5) is 0 Å². The Morgan fingerprint density at radius 3 is 2.88 bits per heavy atom. The zero-order valence-electron chi connectivity index (χ0n) is 9.96. The predicted molar refractivity (Wildman–Crippen MR) is 68.9 cm³/mol. The van der Waals surface area contributed by atoms with Crippen LogP contribution >= 0.6 is 11.3 Å². The summed E-state index contributed by atoms with van der Waals surface area (Å²) in [5.74, 6) is 0. The van der Waals surface area contributed by atoms with Crippen LogP contribution in [0, 0.1) is 0 Å². The van der Waals surface area contributed by atoms with Gasteiger partial charge in [-0.1, -0.05) is 0 Å². The van der Waals surface area contributed by atoms with Gasteiger partial charge in [0.15, 0.2) is 0 Å². The third-order valence-electron chi connectivity index (χ3n) is 2.24. The fourth-order valence-corrected chi connectivity index (χ4v) is 3.07. The molecule has 0 aliphatic heterocycles. The van der Waals surface area contributed by atoms with E-state index in [2.05, 4.69) is 9.71 Å². The molecule has 0 saturated carbocycles. The monoisotopic (exact) mass is 278 g/mol. The van der Waals surface area contributed by atoms with E-state index in [-0.39, 0.29) is 6.04 Å². The number of hydrogen-bond acceptors (Lipinski definition) is 5. The molecule has 1 rings (SSSR count). The van der Waals surface area contributed by atoms with Gasteiger partial charge in [-0.3, -0.25) is 0 Å². The van der Waals surface area contributed by atoms with Crippen LogP contribution in [0.3, 0.4) is 0 Å². The Labute approximate surface area is 106 Å². The van der Waals surface area contributed by atoms with E-state index in [4.69, 9.17) is 5.73 Å². The van der Waals surface area contributed by atoms with Crippen molar-refractivity contribution in [2.24, 2.45) is 5.73 Å². The van der Waals surface area contributed by atoms with Crippen molar-refractivity contribution in [1.82, 2.24) is 14.0 Å². The molecular weight excluding hydrogens is 260 g/mol. The summed E-state index contributed by atoms with van der Waals surface area (Å²) in [5, 5.41) is 2.57. The first-order valence-corrected chi connectivity index (χ1v) is 7.62. The fourth-order valence-electron chi connectivity index (χ4n) is 1.25. The van der Waals surface area contributed by atoms with Crippen molar-refractivity contribution in [3.63, 3.8) is 0 Å². The highest BCUT2D eigenvalue weighted by atomic mass is 32.2. The second-order valence-corrected chi connectivity index (χ2v) is 6.41. The Hall–Kier alpha value is -0.540. The first-order valence-electron chi connectivity index (χ1n) is 5.30. The summed E-state index contributed by atoms with van der Waals surface area (Å²) in [6.07, 6.45) is 2.30. The maximum atomic E-state index is 11.9. The molecule has 98 valence electrons. The van der Waals surface area contributed by atoms with Crippen molar-refractivity contribution in [3.05, 3.63) is 16.6 Å². The average Bonchev–Trinajstić information content (AvgIpc) is 2.78. The molecule has 1 aromatic heterocycles. The maximum absolute atomic E-state index is 11.9. The lowest BCUT2D eigenvalue weighted by atomic mass is 10.4. The molecule has 1 aromatic rings. The van der Waals surface area contributed by atoms with Crippen molar-refractivity contribution < 1.29 is 8.42 Å². The number of thiazole rings is 1. The van der Waals surface area contributed by atoms with E-state index in [9.17, 15) is 8.42 Å². The van der Waals surface area contributed by atoms with Gasteiger partial charge in [0.1, 0.15) is 5.01 Å². The molecule has 3 N–H and O–H groups in total. The van der Waals surface area contributed by atoms with Crippen LogP contribution in [-0.4, -0.2) is 37.8 Å². The van der Waals surface area contributed by atoms with Crippen molar-refractivity contribution in [3.8, 4) is 0 Å². The van der Waals surface area contributed by atoms with Crippen LogP contribution in [-0.2, 0) is 10.2 Å². The molecule has 0 bridgehead atoms. The zero-order valence-corrected chi connectivity index (χ0v) is 11.6. The topological polar surface area (TPSA) is 88.3 Å². The molecule has 0 amide bonds. The van der Waals surface area contributed by atoms with Crippen LogP contribution in [0.5, 0.6) is 0 Å². The van der Waals surface area contributed by atoms with Crippen LogP contribution in [0.2, 0.25) is 0 Å². The third kappa shape index (κ3) is 4.32. The second kappa shape index (κ2) is 6.41. The van der Waals surface area contributed by atoms with E-state index in [1.807, 2.05) is 5.38 Å². The van der Waals surface area contributed by atoms with Gasteiger partial charge in [0.25, 0.3) is 10.2 Å². The SMILES string of the molecule is CC(NS(=O)(=O)N(C)CCCN)c1nccs1. The highest BCUT2D eigenvalue weighted by molar-refractivity contribution is 7.87. The van der Waals surface area contributed by atoms with E-state index < -0.39 is 10.2 Å². The zero-order chi connectivity index (χ0) is 12.9. The molecule has 0 radical (unpaired) electrons. The number of nitrogens with zero attached hydrogens (tertiary/aromatic N) is 2. The normalized spacial score (nSPS) is 14.1. The van der Waals surface area contributed by atoms with Crippen molar-refractivity contribution in [2.75, 3.05) is 20.1 Å². The smallest absolute Gasteiger partial charge is 0.279 e. The lowest BCUT2D eigenvalue weighted by Crippen LogP contribution is -2.40. The minimum atomic E-state index is -3.46. The average molecular weight is 278 g/mol. The highest BCUT2D eigenvalue weighted by Crippen LogP contribution is 2.16. The lowest BCUT2D eigenvalue weighted by Gasteiger charge is -2.19. The van der Waals surface area contributed by atoms with Crippen molar-refractivity contribution in [2.45, 2.75) is 19.4 Å². The quantitative estimate of drug-likeness (QED) is 0.752. The minimum absolute atomic E-state index is 0.319. The van der Waals surface area contributed by atoms with E-state index in [0.717, 1.165) is 5.01 Å². The lowest BCUT2D eigenvalue weighted by molar-refractivity contribution is 0.446. The second-order valence-electron chi connectivity index (χ2n) is 3.68. The Morgan fingerprint density at radius 1 is 1.65 bits per heavy atom. The van der Waals surface area contributed by atoms with Crippen LogP contribution in [0.15, 0.2) is 11.6 Å². The molecule has 0 fully saturated rings. The highest BCUT2D eigenvalue weighted by Gasteiger charge is 2.21. The maximum Gasteiger partial charge on any atom is 0.279 e. The van der Waals surface area contributed by atoms with Gasteiger partial charge >= 0.3 is 0 Å². The molecule has 0 aliphatic carbocycles. The van der Waals surface area contributed by atoms with Gasteiger partial charge < -0.3 is 5.73 Å². The Balaban J connectivity index is 2.60. The summed E-state index contributed by atoms with van der Waals surface area (Å²) in [6, 6.07) is -0.319. The number of nitrogens with one attached hydrogen (secondary N) is 1. The molecule has 6 nitrogen and oxygen atoms in total. The summed E-state index contributed by atoms with van der Waals surface area (Å²) in [4.78, 5) is 4.07. The molecular formula is C9H18N4O2S2. The molecule has 0 aromatic carbocycles.